The van der Waals surface area contributed by atoms with Crippen LogP contribution in [0.25, 0.3) is 11.1 Å². The molecule has 170 valence electrons. The number of likely N-dealkylation sites (N-methyl/N-ethyl adjacent to an activating group) is 1. The van der Waals surface area contributed by atoms with Gasteiger partial charge in [-0.2, -0.15) is 0 Å². The van der Waals surface area contributed by atoms with Crippen molar-refractivity contribution in [2.75, 3.05) is 26.7 Å². The molecule has 1 fully saturated rings. The van der Waals surface area contributed by atoms with E-state index in [4.69, 9.17) is 4.74 Å². The monoisotopic (exact) mass is 443 g/mol. The molecule has 0 spiro atoms. The first-order valence-electron chi connectivity index (χ1n) is 11.3. The largest absolute Gasteiger partial charge is 0.497 e. The molecule has 1 unspecified atom stereocenters. The molecule has 0 N–H and O–H groups in total. The lowest BCUT2D eigenvalue weighted by Gasteiger charge is -2.40. The molecule has 4 rings (SSSR count). The van der Waals surface area contributed by atoms with Gasteiger partial charge < -0.3 is 14.5 Å². The van der Waals surface area contributed by atoms with E-state index in [9.17, 15) is 9.59 Å². The van der Waals surface area contributed by atoms with Crippen LogP contribution in [0.2, 0.25) is 0 Å². The number of hydrogen-bond donors (Lipinski definition) is 0. The number of rotatable bonds is 7. The van der Waals surface area contributed by atoms with Crippen LogP contribution in [0.4, 0.5) is 0 Å². The van der Waals surface area contributed by atoms with Crippen LogP contribution >= 0.6 is 0 Å². The fourth-order valence-corrected chi connectivity index (χ4v) is 4.35. The second-order valence-corrected chi connectivity index (χ2v) is 8.19. The predicted octanol–water partition coefficient (Wildman–Crippen LogP) is 3.60. The van der Waals surface area contributed by atoms with Gasteiger partial charge in [0.1, 0.15) is 11.8 Å². The lowest BCUT2D eigenvalue weighted by molar-refractivity contribution is -0.150. The highest BCUT2D eigenvalue weighted by atomic mass is 16.5. The zero-order chi connectivity index (χ0) is 23.2. The summed E-state index contributed by atoms with van der Waals surface area (Å²) in [6.07, 6.45) is 4.26. The number of nitrogens with zero attached hydrogens (tertiary/aromatic N) is 3. The first-order chi connectivity index (χ1) is 16.1. The highest BCUT2D eigenvalue weighted by Gasteiger charge is 2.36. The average molecular weight is 444 g/mol. The van der Waals surface area contributed by atoms with Crippen LogP contribution in [0.15, 0.2) is 73.1 Å². The fourth-order valence-electron chi connectivity index (χ4n) is 4.35. The van der Waals surface area contributed by atoms with Crippen molar-refractivity contribution in [3.63, 3.8) is 0 Å². The maximum Gasteiger partial charge on any atom is 0.245 e. The van der Waals surface area contributed by atoms with E-state index in [0.29, 0.717) is 26.1 Å². The van der Waals surface area contributed by atoms with Gasteiger partial charge in [-0.25, -0.2) is 0 Å². The number of carbonyl (C=O) groups excluding carboxylic acids is 2. The van der Waals surface area contributed by atoms with Crippen molar-refractivity contribution >= 4 is 11.8 Å². The molecule has 0 aliphatic carbocycles. The van der Waals surface area contributed by atoms with Crippen LogP contribution < -0.4 is 4.74 Å². The molecule has 3 aromatic rings. The Morgan fingerprint density at radius 3 is 2.52 bits per heavy atom. The van der Waals surface area contributed by atoms with Crippen LogP contribution in [-0.4, -0.2) is 59.4 Å². The summed E-state index contributed by atoms with van der Waals surface area (Å²) in [4.78, 5) is 34.3. The molecule has 1 aliphatic rings. The van der Waals surface area contributed by atoms with Gasteiger partial charge >= 0.3 is 0 Å². The van der Waals surface area contributed by atoms with Crippen LogP contribution in [0, 0.1) is 0 Å². The minimum atomic E-state index is -0.510. The number of benzene rings is 2. The van der Waals surface area contributed by atoms with Crippen molar-refractivity contribution in [3.05, 3.63) is 84.2 Å². The third-order valence-corrected chi connectivity index (χ3v) is 6.15. The van der Waals surface area contributed by atoms with E-state index in [1.54, 1.807) is 24.4 Å². The second kappa shape index (κ2) is 10.3. The lowest BCUT2D eigenvalue weighted by atomic mass is 9.97. The van der Waals surface area contributed by atoms with Crippen LogP contribution in [-0.2, 0) is 22.4 Å². The van der Waals surface area contributed by atoms with Gasteiger partial charge in [0.2, 0.25) is 11.8 Å². The minimum absolute atomic E-state index is 0.0112. The van der Waals surface area contributed by atoms with Gasteiger partial charge in [-0.1, -0.05) is 36.4 Å². The predicted molar refractivity (Wildman–Crippen MR) is 128 cm³/mol. The SMILES string of the molecule is CCN1CCN(C(=O)Cc2cccc(OC)c2)C(Cc2cccc(-c3ccncc3)c2)C1=O. The van der Waals surface area contributed by atoms with E-state index >= 15 is 0 Å². The molecule has 0 radical (unpaired) electrons. The first-order valence-corrected chi connectivity index (χ1v) is 11.3. The van der Waals surface area contributed by atoms with E-state index in [0.717, 1.165) is 28.0 Å². The quantitative estimate of drug-likeness (QED) is 0.560. The molecular formula is C27H29N3O3. The zero-order valence-electron chi connectivity index (χ0n) is 19.1. The first kappa shape index (κ1) is 22.5. The van der Waals surface area contributed by atoms with Gasteiger partial charge in [-0.3, -0.25) is 14.6 Å². The van der Waals surface area contributed by atoms with E-state index < -0.39 is 6.04 Å². The third-order valence-electron chi connectivity index (χ3n) is 6.15. The minimum Gasteiger partial charge on any atom is -0.497 e. The molecule has 6 nitrogen and oxygen atoms in total. The molecule has 2 amide bonds. The number of hydrogen-bond acceptors (Lipinski definition) is 4. The van der Waals surface area contributed by atoms with Gasteiger partial charge in [0.25, 0.3) is 0 Å². The normalized spacial score (nSPS) is 16.1. The summed E-state index contributed by atoms with van der Waals surface area (Å²) < 4.78 is 5.29. The van der Waals surface area contributed by atoms with Gasteiger partial charge in [-0.05, 0) is 53.4 Å². The lowest BCUT2D eigenvalue weighted by Crippen LogP contribution is -2.59. The van der Waals surface area contributed by atoms with Crippen LogP contribution in [0.5, 0.6) is 5.75 Å². The summed E-state index contributed by atoms with van der Waals surface area (Å²) in [6.45, 7) is 3.72. The molecule has 33 heavy (non-hydrogen) atoms. The van der Waals surface area contributed by atoms with Crippen molar-refractivity contribution in [1.29, 1.82) is 0 Å². The Morgan fingerprint density at radius 2 is 1.76 bits per heavy atom. The highest BCUT2D eigenvalue weighted by molar-refractivity contribution is 5.90. The molecule has 2 aromatic carbocycles. The third kappa shape index (κ3) is 5.22. The van der Waals surface area contributed by atoms with E-state index in [-0.39, 0.29) is 18.2 Å². The Balaban J connectivity index is 1.57. The molecule has 1 saturated heterocycles. The summed E-state index contributed by atoms with van der Waals surface area (Å²) in [5.74, 6) is 0.691. The Kier molecular flexibility index (Phi) is 7.03. The molecule has 0 saturated carbocycles. The number of amides is 2. The Hall–Kier alpha value is -3.67. The zero-order valence-corrected chi connectivity index (χ0v) is 19.1. The molecular weight excluding hydrogens is 414 g/mol. The maximum atomic E-state index is 13.3. The maximum absolute atomic E-state index is 13.3. The van der Waals surface area contributed by atoms with Crippen molar-refractivity contribution in [3.8, 4) is 16.9 Å². The number of methoxy groups -OCH3 is 1. The number of aromatic nitrogens is 1. The molecule has 1 aromatic heterocycles. The Bertz CT molecular complexity index is 1120. The molecule has 0 bridgehead atoms. The van der Waals surface area contributed by atoms with Crippen molar-refractivity contribution in [2.24, 2.45) is 0 Å². The van der Waals surface area contributed by atoms with Crippen LogP contribution in [0.1, 0.15) is 18.1 Å². The number of piperazine rings is 1. The number of pyridine rings is 1. The van der Waals surface area contributed by atoms with Crippen molar-refractivity contribution in [2.45, 2.75) is 25.8 Å². The standard InChI is InChI=1S/C27H29N3O3/c1-3-29-14-15-30(26(31)19-21-7-5-9-24(17-21)33-2)25(27(29)32)18-20-6-4-8-23(16-20)22-10-12-28-13-11-22/h4-13,16-17,25H,3,14-15,18-19H2,1-2H3. The number of carbonyl (C=O) groups is 2. The summed E-state index contributed by atoms with van der Waals surface area (Å²) >= 11 is 0. The van der Waals surface area contributed by atoms with E-state index in [1.807, 2.05) is 66.4 Å². The number of ether oxygens (including phenoxy) is 1. The van der Waals surface area contributed by atoms with Gasteiger partial charge in [0.15, 0.2) is 0 Å². The van der Waals surface area contributed by atoms with Gasteiger partial charge in [-0.15, -0.1) is 0 Å². The second-order valence-electron chi connectivity index (χ2n) is 8.19. The van der Waals surface area contributed by atoms with Crippen LogP contribution in [0.3, 0.4) is 0 Å². The molecule has 1 aliphatic heterocycles. The molecule has 1 atom stereocenters. The van der Waals surface area contributed by atoms with E-state index in [1.165, 1.54) is 0 Å². The summed E-state index contributed by atoms with van der Waals surface area (Å²) in [5, 5.41) is 0. The summed E-state index contributed by atoms with van der Waals surface area (Å²) in [7, 11) is 1.61. The van der Waals surface area contributed by atoms with Crippen molar-refractivity contribution < 1.29 is 14.3 Å². The average Bonchev–Trinajstić information content (AvgIpc) is 2.86. The topological polar surface area (TPSA) is 62.7 Å². The van der Waals surface area contributed by atoms with Gasteiger partial charge in [0.05, 0.1) is 13.5 Å². The molecule has 6 heteroatoms. The summed E-state index contributed by atoms with van der Waals surface area (Å²) in [6, 6.07) is 19.1. The smallest absolute Gasteiger partial charge is 0.245 e. The molecule has 2 heterocycles. The Morgan fingerprint density at radius 1 is 1.00 bits per heavy atom. The van der Waals surface area contributed by atoms with Gasteiger partial charge in [0, 0.05) is 38.4 Å². The van der Waals surface area contributed by atoms with Crippen molar-refractivity contribution in [1.82, 2.24) is 14.8 Å². The summed E-state index contributed by atoms with van der Waals surface area (Å²) in [5.41, 5.74) is 4.05. The Labute approximate surface area is 194 Å². The van der Waals surface area contributed by atoms with E-state index in [2.05, 4.69) is 11.1 Å². The fraction of sp³-hybridized carbons (Fsp3) is 0.296. The highest BCUT2D eigenvalue weighted by Crippen LogP contribution is 2.23.